The Morgan fingerprint density at radius 3 is 1.23 bits per heavy atom. The molecule has 0 saturated heterocycles. The molecule has 11 heteroatoms. The van der Waals surface area contributed by atoms with Crippen LogP contribution in [0.5, 0.6) is 0 Å². The molecular weight excluding hydrogens is 731 g/mol. The van der Waals surface area contributed by atoms with Gasteiger partial charge in [0, 0.05) is 12.8 Å². The standard InChI is InChI=1S/C45H79O10P/c1-3-5-7-9-11-13-15-17-19-20-21-22-23-25-27-29-31-33-35-37-45(49)55-43(39-47)41-53-56(50,51)52-40-42(38-46)54-44(48)36-34-32-30-28-26-24-18-16-14-12-10-8-6-4-2/h5,7,11,13,16-19,21-22,42-43,46-47H,3-4,6,8-10,12,14-15,20,23-41H2,1-2H3,(H,50,51)/b7-5-,13-11-,18-16-,19-17-,22-21-. The van der Waals surface area contributed by atoms with E-state index >= 15 is 0 Å². The predicted octanol–water partition coefficient (Wildman–Crippen LogP) is 11.5. The summed E-state index contributed by atoms with van der Waals surface area (Å²) in [5.41, 5.74) is 0. The van der Waals surface area contributed by atoms with E-state index in [1.54, 1.807) is 0 Å². The van der Waals surface area contributed by atoms with E-state index in [1.165, 1.54) is 32.1 Å². The van der Waals surface area contributed by atoms with E-state index in [1.807, 2.05) is 0 Å². The molecular formula is C45H79O10P. The van der Waals surface area contributed by atoms with E-state index < -0.39 is 58.4 Å². The van der Waals surface area contributed by atoms with E-state index in [-0.39, 0.29) is 12.8 Å². The molecule has 0 amide bonds. The van der Waals surface area contributed by atoms with Crippen molar-refractivity contribution >= 4 is 19.8 Å². The van der Waals surface area contributed by atoms with Crippen molar-refractivity contribution < 1.29 is 47.8 Å². The first-order valence-electron chi connectivity index (χ1n) is 21.7. The van der Waals surface area contributed by atoms with Crippen LogP contribution < -0.4 is 0 Å². The van der Waals surface area contributed by atoms with Gasteiger partial charge in [-0.15, -0.1) is 0 Å². The molecule has 0 heterocycles. The zero-order chi connectivity index (χ0) is 41.2. The molecule has 0 aromatic rings. The average Bonchev–Trinajstić information content (AvgIpc) is 3.19. The minimum atomic E-state index is -4.64. The second-order valence-corrected chi connectivity index (χ2v) is 15.7. The number of hydrogen-bond donors (Lipinski definition) is 3. The van der Waals surface area contributed by atoms with Gasteiger partial charge in [-0.3, -0.25) is 18.6 Å². The number of allylic oxidation sites excluding steroid dienone is 10. The highest BCUT2D eigenvalue weighted by atomic mass is 31.2. The van der Waals surface area contributed by atoms with Crippen molar-refractivity contribution in [1.29, 1.82) is 0 Å². The molecule has 3 N–H and O–H groups in total. The van der Waals surface area contributed by atoms with Gasteiger partial charge in [0.2, 0.25) is 0 Å². The molecule has 0 aliphatic carbocycles. The summed E-state index contributed by atoms with van der Waals surface area (Å²) in [6, 6.07) is 0. The van der Waals surface area contributed by atoms with Crippen LogP contribution in [-0.2, 0) is 32.7 Å². The van der Waals surface area contributed by atoms with Crippen LogP contribution in [0.15, 0.2) is 60.8 Å². The highest BCUT2D eigenvalue weighted by molar-refractivity contribution is 7.47. The SMILES string of the molecule is CC/C=C\C/C=C\C/C=C\C/C=C\CCCCCCCCC(=O)OC(CO)COP(=O)(O)OCC(CO)OC(=O)CCCCCCC/C=C\CCCCCCC. The van der Waals surface area contributed by atoms with Crippen molar-refractivity contribution in [3.63, 3.8) is 0 Å². The van der Waals surface area contributed by atoms with E-state index in [9.17, 15) is 29.3 Å². The molecule has 0 bridgehead atoms. The third kappa shape index (κ3) is 38.5. The number of phosphoric ester groups is 1. The van der Waals surface area contributed by atoms with Crippen molar-refractivity contribution in [1.82, 2.24) is 0 Å². The summed E-state index contributed by atoms with van der Waals surface area (Å²) in [4.78, 5) is 34.5. The van der Waals surface area contributed by atoms with Crippen LogP contribution in [0.4, 0.5) is 0 Å². The molecule has 0 aromatic carbocycles. The van der Waals surface area contributed by atoms with Crippen LogP contribution in [0, 0.1) is 0 Å². The summed E-state index contributed by atoms with van der Waals surface area (Å²) in [6.45, 7) is 2.05. The first kappa shape index (κ1) is 53.7. The van der Waals surface area contributed by atoms with E-state index in [0.717, 1.165) is 103 Å². The lowest BCUT2D eigenvalue weighted by atomic mass is 10.1. The van der Waals surface area contributed by atoms with Gasteiger partial charge in [0.05, 0.1) is 26.4 Å². The minimum absolute atomic E-state index is 0.173. The number of unbranched alkanes of at least 4 members (excludes halogenated alkanes) is 16. The zero-order valence-electron chi connectivity index (χ0n) is 35.1. The number of aliphatic hydroxyl groups is 2. The lowest BCUT2D eigenvalue weighted by Crippen LogP contribution is -2.28. The number of aliphatic hydroxyl groups excluding tert-OH is 2. The van der Waals surface area contributed by atoms with Crippen molar-refractivity contribution in [2.24, 2.45) is 0 Å². The van der Waals surface area contributed by atoms with Gasteiger partial charge in [-0.05, 0) is 77.0 Å². The van der Waals surface area contributed by atoms with Gasteiger partial charge in [-0.25, -0.2) is 4.57 Å². The van der Waals surface area contributed by atoms with E-state index in [4.69, 9.17) is 18.5 Å². The van der Waals surface area contributed by atoms with Crippen molar-refractivity contribution in [3.05, 3.63) is 60.8 Å². The average molecular weight is 811 g/mol. The monoisotopic (exact) mass is 811 g/mol. The molecule has 0 radical (unpaired) electrons. The zero-order valence-corrected chi connectivity index (χ0v) is 36.0. The fraction of sp³-hybridized carbons (Fsp3) is 0.733. The quantitative estimate of drug-likeness (QED) is 0.0236. The van der Waals surface area contributed by atoms with E-state index in [2.05, 4.69) is 74.6 Å². The van der Waals surface area contributed by atoms with Gasteiger partial charge >= 0.3 is 19.8 Å². The lowest BCUT2D eigenvalue weighted by Gasteiger charge is -2.20. The first-order valence-corrected chi connectivity index (χ1v) is 23.2. The Kier molecular flexibility index (Phi) is 39.2. The number of esters is 2. The highest BCUT2D eigenvalue weighted by Gasteiger charge is 2.27. The largest absolute Gasteiger partial charge is 0.472 e. The number of carbonyl (C=O) groups is 2. The Morgan fingerprint density at radius 1 is 0.500 bits per heavy atom. The molecule has 10 nitrogen and oxygen atoms in total. The number of phosphoric acid groups is 1. The summed E-state index contributed by atoms with van der Waals surface area (Å²) in [7, 11) is -4.64. The Balaban J connectivity index is 3.96. The fourth-order valence-corrected chi connectivity index (χ4v) is 6.41. The van der Waals surface area contributed by atoms with Crippen LogP contribution in [0.1, 0.15) is 174 Å². The number of rotatable bonds is 40. The Hall–Kier alpha value is -2.33. The maximum Gasteiger partial charge on any atom is 0.472 e. The smallest absolute Gasteiger partial charge is 0.457 e. The molecule has 0 aromatic heterocycles. The Labute approximate surface area is 340 Å². The normalized spacial score (nSPS) is 14.4. The van der Waals surface area contributed by atoms with Gasteiger partial charge in [0.25, 0.3) is 0 Å². The number of ether oxygens (including phenoxy) is 2. The maximum absolute atomic E-state index is 12.4. The topological polar surface area (TPSA) is 149 Å². The van der Waals surface area contributed by atoms with Gasteiger partial charge in [-0.1, -0.05) is 145 Å². The summed E-state index contributed by atoms with van der Waals surface area (Å²) >= 11 is 0. The first-order chi connectivity index (χ1) is 27.3. The second kappa shape index (κ2) is 40.9. The van der Waals surface area contributed by atoms with Gasteiger partial charge in [-0.2, -0.15) is 0 Å². The molecule has 324 valence electrons. The number of carbonyl (C=O) groups excluding carboxylic acids is 2. The van der Waals surface area contributed by atoms with E-state index in [0.29, 0.717) is 12.8 Å². The van der Waals surface area contributed by atoms with Crippen LogP contribution in [0.3, 0.4) is 0 Å². The summed E-state index contributed by atoms with van der Waals surface area (Å²) in [5.74, 6) is -1.04. The molecule has 0 rings (SSSR count). The fourth-order valence-electron chi connectivity index (χ4n) is 5.63. The summed E-state index contributed by atoms with van der Waals surface area (Å²) < 4.78 is 32.5. The molecule has 3 unspecified atom stereocenters. The molecule has 0 aliphatic rings. The van der Waals surface area contributed by atoms with Crippen molar-refractivity contribution in [3.8, 4) is 0 Å². The molecule has 0 saturated carbocycles. The van der Waals surface area contributed by atoms with Crippen molar-refractivity contribution in [2.75, 3.05) is 26.4 Å². The Morgan fingerprint density at radius 2 is 0.839 bits per heavy atom. The van der Waals surface area contributed by atoms with Crippen molar-refractivity contribution in [2.45, 2.75) is 187 Å². The minimum Gasteiger partial charge on any atom is -0.457 e. The van der Waals surface area contributed by atoms with Gasteiger partial charge in [0.1, 0.15) is 12.2 Å². The summed E-state index contributed by atoms with van der Waals surface area (Å²) in [5, 5.41) is 19.2. The van der Waals surface area contributed by atoms with Gasteiger partial charge < -0.3 is 24.6 Å². The van der Waals surface area contributed by atoms with Crippen LogP contribution in [0.2, 0.25) is 0 Å². The predicted molar refractivity (Wildman–Crippen MR) is 228 cm³/mol. The molecule has 0 fully saturated rings. The molecule has 3 atom stereocenters. The highest BCUT2D eigenvalue weighted by Crippen LogP contribution is 2.43. The molecule has 0 aliphatic heterocycles. The number of hydrogen-bond acceptors (Lipinski definition) is 9. The summed E-state index contributed by atoms with van der Waals surface area (Å²) in [6.07, 6.45) is 44.7. The van der Waals surface area contributed by atoms with Crippen LogP contribution >= 0.6 is 7.82 Å². The molecule has 0 spiro atoms. The molecule has 56 heavy (non-hydrogen) atoms. The second-order valence-electron chi connectivity index (χ2n) is 14.3. The Bertz CT molecular complexity index is 1120. The van der Waals surface area contributed by atoms with Gasteiger partial charge in [0.15, 0.2) is 0 Å². The lowest BCUT2D eigenvalue weighted by molar-refractivity contribution is -0.153. The third-order valence-corrected chi connectivity index (χ3v) is 9.91. The third-order valence-electron chi connectivity index (χ3n) is 8.96. The van der Waals surface area contributed by atoms with Crippen LogP contribution in [-0.4, -0.2) is 65.7 Å². The van der Waals surface area contributed by atoms with Crippen LogP contribution in [0.25, 0.3) is 0 Å². The maximum atomic E-state index is 12.4.